The minimum atomic E-state index is 0.151. The van der Waals surface area contributed by atoms with Crippen molar-refractivity contribution in [3.8, 4) is 0 Å². The molecule has 0 aromatic carbocycles. The standard InChI is InChI=1S/C16H25BrN2O/c1-15(2,3)19-12-16(6-8-20-9-7-16)10-14-5-4-13(17)11-18-14/h4-5,11,19H,6-10,12H2,1-3H3. The Bertz CT molecular complexity index is 419. The number of nitrogens with one attached hydrogen (secondary N) is 1. The minimum Gasteiger partial charge on any atom is -0.381 e. The van der Waals surface area contributed by atoms with E-state index in [0.29, 0.717) is 0 Å². The van der Waals surface area contributed by atoms with E-state index < -0.39 is 0 Å². The molecule has 112 valence electrons. The predicted octanol–water partition coefficient (Wildman–Crippen LogP) is 3.57. The summed E-state index contributed by atoms with van der Waals surface area (Å²) in [6.07, 6.45) is 5.12. The Morgan fingerprint density at radius 3 is 2.55 bits per heavy atom. The van der Waals surface area contributed by atoms with Gasteiger partial charge in [-0.05, 0) is 73.5 Å². The summed E-state index contributed by atoms with van der Waals surface area (Å²) in [6.45, 7) is 9.41. The molecule has 1 N–H and O–H groups in total. The summed E-state index contributed by atoms with van der Waals surface area (Å²) in [6, 6.07) is 4.20. The molecule has 4 heteroatoms. The first-order chi connectivity index (χ1) is 9.39. The smallest absolute Gasteiger partial charge is 0.0471 e. The van der Waals surface area contributed by atoms with E-state index in [2.05, 4.69) is 59.1 Å². The molecule has 0 radical (unpaired) electrons. The Hall–Kier alpha value is -0.450. The van der Waals surface area contributed by atoms with Crippen LogP contribution < -0.4 is 5.32 Å². The van der Waals surface area contributed by atoms with Crippen LogP contribution in [-0.2, 0) is 11.2 Å². The lowest BCUT2D eigenvalue weighted by Gasteiger charge is -2.39. The SMILES string of the molecule is CC(C)(C)NCC1(Cc2ccc(Br)cn2)CCOCC1. The lowest BCUT2D eigenvalue weighted by molar-refractivity contribution is 0.0117. The maximum Gasteiger partial charge on any atom is 0.0471 e. The zero-order chi connectivity index (χ0) is 14.6. The predicted molar refractivity (Wildman–Crippen MR) is 85.9 cm³/mol. The molecule has 0 unspecified atom stereocenters. The van der Waals surface area contributed by atoms with E-state index in [9.17, 15) is 0 Å². The van der Waals surface area contributed by atoms with Crippen molar-refractivity contribution in [3.05, 3.63) is 28.5 Å². The van der Waals surface area contributed by atoms with Gasteiger partial charge in [0.25, 0.3) is 0 Å². The van der Waals surface area contributed by atoms with Gasteiger partial charge in [-0.3, -0.25) is 4.98 Å². The Morgan fingerprint density at radius 2 is 2.00 bits per heavy atom. The van der Waals surface area contributed by atoms with E-state index in [0.717, 1.165) is 43.5 Å². The topological polar surface area (TPSA) is 34.2 Å². The average molecular weight is 341 g/mol. The molecule has 20 heavy (non-hydrogen) atoms. The van der Waals surface area contributed by atoms with Crippen LogP contribution in [0.25, 0.3) is 0 Å². The summed E-state index contributed by atoms with van der Waals surface area (Å²) >= 11 is 3.45. The van der Waals surface area contributed by atoms with Crippen molar-refractivity contribution in [3.63, 3.8) is 0 Å². The summed E-state index contributed by atoms with van der Waals surface area (Å²) in [4.78, 5) is 4.55. The summed E-state index contributed by atoms with van der Waals surface area (Å²) in [5.41, 5.74) is 1.59. The number of nitrogens with zero attached hydrogens (tertiary/aromatic N) is 1. The highest BCUT2D eigenvalue weighted by Gasteiger charge is 2.34. The van der Waals surface area contributed by atoms with Gasteiger partial charge in [-0.2, -0.15) is 0 Å². The van der Waals surface area contributed by atoms with Gasteiger partial charge in [0.15, 0.2) is 0 Å². The molecule has 1 fully saturated rings. The molecule has 0 atom stereocenters. The average Bonchev–Trinajstić information content (AvgIpc) is 2.40. The molecule has 1 aliphatic rings. The Balaban J connectivity index is 2.08. The van der Waals surface area contributed by atoms with Gasteiger partial charge < -0.3 is 10.1 Å². The van der Waals surface area contributed by atoms with Crippen molar-refractivity contribution in [2.75, 3.05) is 19.8 Å². The summed E-state index contributed by atoms with van der Waals surface area (Å²) in [5.74, 6) is 0. The first kappa shape index (κ1) is 15.9. The van der Waals surface area contributed by atoms with E-state index in [1.165, 1.54) is 5.69 Å². The van der Waals surface area contributed by atoms with Crippen molar-refractivity contribution in [2.24, 2.45) is 5.41 Å². The van der Waals surface area contributed by atoms with Crippen molar-refractivity contribution < 1.29 is 4.74 Å². The molecule has 1 aromatic rings. The van der Waals surface area contributed by atoms with Gasteiger partial charge in [0.2, 0.25) is 0 Å². The largest absolute Gasteiger partial charge is 0.381 e. The van der Waals surface area contributed by atoms with Gasteiger partial charge in [-0.15, -0.1) is 0 Å². The third-order valence-corrected chi connectivity index (χ3v) is 4.36. The fourth-order valence-corrected chi connectivity index (χ4v) is 2.80. The molecule has 1 aromatic heterocycles. The fourth-order valence-electron chi connectivity index (χ4n) is 2.57. The molecule has 3 nitrogen and oxygen atoms in total. The van der Waals surface area contributed by atoms with E-state index >= 15 is 0 Å². The first-order valence-electron chi connectivity index (χ1n) is 7.32. The highest BCUT2D eigenvalue weighted by atomic mass is 79.9. The van der Waals surface area contributed by atoms with Crippen LogP contribution in [0.5, 0.6) is 0 Å². The number of aromatic nitrogens is 1. The van der Waals surface area contributed by atoms with Crippen molar-refractivity contribution in [1.82, 2.24) is 10.3 Å². The van der Waals surface area contributed by atoms with E-state index in [4.69, 9.17) is 4.74 Å². The molecule has 0 bridgehead atoms. The van der Waals surface area contributed by atoms with Crippen LogP contribution in [0.3, 0.4) is 0 Å². The highest BCUT2D eigenvalue weighted by Crippen LogP contribution is 2.34. The molecule has 0 aliphatic carbocycles. The molecule has 0 amide bonds. The maximum absolute atomic E-state index is 5.56. The van der Waals surface area contributed by atoms with Gasteiger partial charge in [0.05, 0.1) is 0 Å². The summed E-state index contributed by atoms with van der Waals surface area (Å²) in [7, 11) is 0. The van der Waals surface area contributed by atoms with Crippen molar-refractivity contribution >= 4 is 15.9 Å². The van der Waals surface area contributed by atoms with Gasteiger partial charge >= 0.3 is 0 Å². The number of pyridine rings is 1. The molecule has 1 saturated heterocycles. The Morgan fingerprint density at radius 1 is 1.30 bits per heavy atom. The number of ether oxygens (including phenoxy) is 1. The minimum absolute atomic E-state index is 0.151. The normalized spacial score (nSPS) is 19.0. The lowest BCUT2D eigenvalue weighted by atomic mass is 9.75. The van der Waals surface area contributed by atoms with E-state index in [-0.39, 0.29) is 11.0 Å². The zero-order valence-corrected chi connectivity index (χ0v) is 14.3. The van der Waals surface area contributed by atoms with Crippen LogP contribution in [0.1, 0.15) is 39.3 Å². The van der Waals surface area contributed by atoms with Crippen LogP contribution in [0, 0.1) is 5.41 Å². The molecule has 2 heterocycles. The maximum atomic E-state index is 5.56. The Labute approximate surface area is 130 Å². The van der Waals surface area contributed by atoms with Crippen LogP contribution >= 0.6 is 15.9 Å². The number of hydrogen-bond donors (Lipinski definition) is 1. The van der Waals surface area contributed by atoms with Crippen LogP contribution in [-0.4, -0.2) is 30.3 Å². The Kier molecular flexibility index (Phi) is 5.21. The lowest BCUT2D eigenvalue weighted by Crippen LogP contribution is -2.47. The molecule has 0 saturated carbocycles. The third kappa shape index (κ3) is 4.83. The second-order valence-corrected chi connectivity index (χ2v) is 7.78. The number of hydrogen-bond acceptors (Lipinski definition) is 3. The molecule has 0 spiro atoms. The second-order valence-electron chi connectivity index (χ2n) is 6.86. The zero-order valence-electron chi connectivity index (χ0n) is 12.7. The monoisotopic (exact) mass is 340 g/mol. The highest BCUT2D eigenvalue weighted by molar-refractivity contribution is 9.10. The van der Waals surface area contributed by atoms with Crippen LogP contribution in [0.4, 0.5) is 0 Å². The third-order valence-electron chi connectivity index (χ3n) is 3.89. The van der Waals surface area contributed by atoms with E-state index in [1.807, 2.05) is 6.20 Å². The molecular weight excluding hydrogens is 316 g/mol. The van der Waals surface area contributed by atoms with Gasteiger partial charge in [0.1, 0.15) is 0 Å². The van der Waals surface area contributed by atoms with Crippen molar-refractivity contribution in [1.29, 1.82) is 0 Å². The number of rotatable bonds is 4. The van der Waals surface area contributed by atoms with Gasteiger partial charge in [-0.25, -0.2) is 0 Å². The van der Waals surface area contributed by atoms with Gasteiger partial charge in [0, 0.05) is 41.7 Å². The van der Waals surface area contributed by atoms with Crippen LogP contribution in [0.2, 0.25) is 0 Å². The quantitative estimate of drug-likeness (QED) is 0.909. The molecule has 1 aliphatic heterocycles. The fraction of sp³-hybridized carbons (Fsp3) is 0.688. The number of halogens is 1. The second kappa shape index (κ2) is 6.54. The summed E-state index contributed by atoms with van der Waals surface area (Å²) < 4.78 is 6.59. The molecular formula is C16H25BrN2O. The first-order valence-corrected chi connectivity index (χ1v) is 8.11. The van der Waals surface area contributed by atoms with Crippen LogP contribution in [0.15, 0.2) is 22.8 Å². The van der Waals surface area contributed by atoms with Gasteiger partial charge in [-0.1, -0.05) is 0 Å². The van der Waals surface area contributed by atoms with Crippen molar-refractivity contribution in [2.45, 2.75) is 45.6 Å². The summed E-state index contributed by atoms with van der Waals surface area (Å²) in [5, 5.41) is 3.67. The van der Waals surface area contributed by atoms with E-state index in [1.54, 1.807) is 0 Å². The molecule has 2 rings (SSSR count).